The van der Waals surface area contributed by atoms with Gasteiger partial charge in [0.2, 0.25) is 0 Å². The minimum absolute atomic E-state index is 0.177. The number of amides is 2. The van der Waals surface area contributed by atoms with E-state index in [1.165, 1.54) is 0 Å². The first kappa shape index (κ1) is 16.4. The van der Waals surface area contributed by atoms with Gasteiger partial charge in [-0.1, -0.05) is 0 Å². The van der Waals surface area contributed by atoms with Gasteiger partial charge in [-0.05, 0) is 30.5 Å². The van der Waals surface area contributed by atoms with E-state index in [2.05, 4.69) is 15.6 Å². The fraction of sp³-hybridized carbons (Fsp3) is 0.385. The van der Waals surface area contributed by atoms with Crippen LogP contribution < -0.4 is 10.6 Å². The first-order valence-electron chi connectivity index (χ1n) is 6.28. The summed E-state index contributed by atoms with van der Waals surface area (Å²) in [6.45, 7) is 2.07. The Balaban J connectivity index is 2.49. The van der Waals surface area contributed by atoms with Crippen LogP contribution in [0.2, 0.25) is 0 Å². The standard InChI is InChI=1S/C13H17N3O5/c1-8-4-5-14-6-9(8)7-15-13(21)16-10(12(19)20)2-3-11(17)18/h4-6,10H,2-3,7H2,1H3,(H,17,18)(H,19,20)(H2,15,16,21)/t10-/m0/s1. The van der Waals surface area contributed by atoms with Gasteiger partial charge in [0.1, 0.15) is 6.04 Å². The molecule has 0 spiro atoms. The molecule has 0 aromatic carbocycles. The van der Waals surface area contributed by atoms with Crippen LogP contribution in [0.1, 0.15) is 24.0 Å². The second-order valence-electron chi connectivity index (χ2n) is 4.45. The molecule has 0 saturated carbocycles. The number of nitrogens with one attached hydrogen (secondary N) is 2. The number of carbonyl (C=O) groups excluding carboxylic acids is 1. The first-order chi connectivity index (χ1) is 9.90. The van der Waals surface area contributed by atoms with E-state index in [9.17, 15) is 14.4 Å². The lowest BCUT2D eigenvalue weighted by atomic mass is 10.1. The molecule has 8 heteroatoms. The number of aryl methyl sites for hydroxylation is 1. The fourth-order valence-electron chi connectivity index (χ4n) is 1.59. The average molecular weight is 295 g/mol. The summed E-state index contributed by atoms with van der Waals surface area (Å²) in [6.07, 6.45) is 2.73. The van der Waals surface area contributed by atoms with E-state index in [-0.39, 0.29) is 19.4 Å². The summed E-state index contributed by atoms with van der Waals surface area (Å²) >= 11 is 0. The average Bonchev–Trinajstić information content (AvgIpc) is 2.42. The highest BCUT2D eigenvalue weighted by Gasteiger charge is 2.20. The van der Waals surface area contributed by atoms with Crippen LogP contribution in [0.4, 0.5) is 4.79 Å². The molecular weight excluding hydrogens is 278 g/mol. The minimum Gasteiger partial charge on any atom is -0.481 e. The number of aromatic nitrogens is 1. The van der Waals surface area contributed by atoms with Crippen molar-refractivity contribution < 1.29 is 24.6 Å². The van der Waals surface area contributed by atoms with Crippen molar-refractivity contribution in [2.75, 3.05) is 0 Å². The molecule has 0 bridgehead atoms. The van der Waals surface area contributed by atoms with Gasteiger partial charge in [-0.25, -0.2) is 9.59 Å². The zero-order chi connectivity index (χ0) is 15.8. The number of carboxylic acids is 2. The molecule has 0 aliphatic carbocycles. The second-order valence-corrected chi connectivity index (χ2v) is 4.45. The predicted octanol–water partition coefficient (Wildman–Crippen LogP) is 0.507. The van der Waals surface area contributed by atoms with Gasteiger partial charge in [-0.15, -0.1) is 0 Å². The third-order valence-corrected chi connectivity index (χ3v) is 2.84. The fourth-order valence-corrected chi connectivity index (χ4v) is 1.59. The van der Waals surface area contributed by atoms with Gasteiger partial charge < -0.3 is 20.8 Å². The maximum atomic E-state index is 11.6. The van der Waals surface area contributed by atoms with Crippen molar-refractivity contribution in [1.29, 1.82) is 0 Å². The lowest BCUT2D eigenvalue weighted by molar-refractivity contribution is -0.140. The summed E-state index contributed by atoms with van der Waals surface area (Å²) in [5.41, 5.74) is 1.76. The molecule has 21 heavy (non-hydrogen) atoms. The Hall–Kier alpha value is -2.64. The van der Waals surface area contributed by atoms with Crippen LogP contribution in [0.3, 0.4) is 0 Å². The molecule has 1 aromatic heterocycles. The molecule has 1 heterocycles. The number of pyridine rings is 1. The number of carboxylic acid groups (broad SMARTS) is 2. The van der Waals surface area contributed by atoms with Crippen LogP contribution in [-0.4, -0.2) is 39.2 Å². The van der Waals surface area contributed by atoms with E-state index in [4.69, 9.17) is 10.2 Å². The zero-order valence-electron chi connectivity index (χ0n) is 11.5. The number of rotatable bonds is 7. The molecule has 4 N–H and O–H groups in total. The Morgan fingerprint density at radius 1 is 1.33 bits per heavy atom. The molecule has 0 fully saturated rings. The predicted molar refractivity (Wildman–Crippen MR) is 72.6 cm³/mol. The number of nitrogens with zero attached hydrogens (tertiary/aromatic N) is 1. The van der Waals surface area contributed by atoms with Crippen LogP contribution in [0.15, 0.2) is 18.5 Å². The van der Waals surface area contributed by atoms with Crippen molar-refractivity contribution in [3.63, 3.8) is 0 Å². The van der Waals surface area contributed by atoms with Crippen molar-refractivity contribution in [3.05, 3.63) is 29.6 Å². The van der Waals surface area contributed by atoms with E-state index in [1.54, 1.807) is 18.5 Å². The van der Waals surface area contributed by atoms with E-state index in [0.717, 1.165) is 11.1 Å². The molecule has 1 atom stereocenters. The number of hydrogen-bond donors (Lipinski definition) is 4. The summed E-state index contributed by atoms with van der Waals surface area (Å²) in [6, 6.07) is -0.117. The van der Waals surface area contributed by atoms with Crippen LogP contribution in [0, 0.1) is 6.92 Å². The van der Waals surface area contributed by atoms with Crippen molar-refractivity contribution in [2.45, 2.75) is 32.4 Å². The summed E-state index contributed by atoms with van der Waals surface area (Å²) in [7, 11) is 0. The maximum absolute atomic E-state index is 11.6. The molecule has 0 unspecified atom stereocenters. The van der Waals surface area contributed by atoms with Crippen molar-refractivity contribution in [3.8, 4) is 0 Å². The highest BCUT2D eigenvalue weighted by atomic mass is 16.4. The molecule has 8 nitrogen and oxygen atoms in total. The smallest absolute Gasteiger partial charge is 0.326 e. The van der Waals surface area contributed by atoms with Crippen LogP contribution in [0.25, 0.3) is 0 Å². The molecule has 0 saturated heterocycles. The molecule has 1 aromatic rings. The SMILES string of the molecule is Cc1ccncc1CNC(=O)N[C@@H](CCC(=O)O)C(=O)O. The Morgan fingerprint density at radius 2 is 2.05 bits per heavy atom. The Labute approximate surface area is 121 Å². The normalized spacial score (nSPS) is 11.5. The van der Waals surface area contributed by atoms with Gasteiger partial charge >= 0.3 is 18.0 Å². The molecule has 0 radical (unpaired) electrons. The van der Waals surface area contributed by atoms with Crippen molar-refractivity contribution >= 4 is 18.0 Å². The van der Waals surface area contributed by atoms with E-state index >= 15 is 0 Å². The van der Waals surface area contributed by atoms with Crippen molar-refractivity contribution in [2.24, 2.45) is 0 Å². The molecule has 1 rings (SSSR count). The summed E-state index contributed by atoms with van der Waals surface area (Å²) < 4.78 is 0. The maximum Gasteiger partial charge on any atom is 0.326 e. The minimum atomic E-state index is -1.27. The summed E-state index contributed by atoms with van der Waals surface area (Å²) in [5, 5.41) is 22.2. The number of hydrogen-bond acceptors (Lipinski definition) is 4. The molecule has 2 amide bonds. The van der Waals surface area contributed by atoms with Crippen molar-refractivity contribution in [1.82, 2.24) is 15.6 Å². The highest BCUT2D eigenvalue weighted by Crippen LogP contribution is 2.04. The lowest BCUT2D eigenvalue weighted by Crippen LogP contribution is -2.46. The number of carbonyl (C=O) groups is 3. The largest absolute Gasteiger partial charge is 0.481 e. The third-order valence-electron chi connectivity index (χ3n) is 2.84. The zero-order valence-corrected chi connectivity index (χ0v) is 11.5. The van der Waals surface area contributed by atoms with Gasteiger partial charge in [0, 0.05) is 25.4 Å². The molecule has 114 valence electrons. The number of aliphatic carboxylic acids is 2. The van der Waals surface area contributed by atoms with E-state index in [1.807, 2.05) is 6.92 Å². The van der Waals surface area contributed by atoms with Gasteiger partial charge in [0.15, 0.2) is 0 Å². The quantitative estimate of drug-likeness (QED) is 0.580. The van der Waals surface area contributed by atoms with Gasteiger partial charge in [0.25, 0.3) is 0 Å². The van der Waals surface area contributed by atoms with Gasteiger partial charge in [-0.3, -0.25) is 9.78 Å². The number of urea groups is 1. The van der Waals surface area contributed by atoms with Crippen LogP contribution in [0.5, 0.6) is 0 Å². The Morgan fingerprint density at radius 3 is 2.62 bits per heavy atom. The first-order valence-corrected chi connectivity index (χ1v) is 6.28. The molecule has 0 aliphatic rings. The Kier molecular flexibility index (Phi) is 6.12. The molecule has 0 aliphatic heterocycles. The molecular formula is C13H17N3O5. The topological polar surface area (TPSA) is 129 Å². The van der Waals surface area contributed by atoms with Crippen LogP contribution >= 0.6 is 0 Å². The van der Waals surface area contributed by atoms with E-state index in [0.29, 0.717) is 0 Å². The van der Waals surface area contributed by atoms with E-state index < -0.39 is 24.0 Å². The lowest BCUT2D eigenvalue weighted by Gasteiger charge is -2.14. The highest BCUT2D eigenvalue weighted by molar-refractivity contribution is 5.83. The Bertz CT molecular complexity index is 532. The van der Waals surface area contributed by atoms with Crippen LogP contribution in [-0.2, 0) is 16.1 Å². The summed E-state index contributed by atoms with van der Waals surface area (Å²) in [4.78, 5) is 36.9. The third kappa shape index (κ3) is 5.89. The van der Waals surface area contributed by atoms with Gasteiger partial charge in [-0.2, -0.15) is 0 Å². The monoisotopic (exact) mass is 295 g/mol. The van der Waals surface area contributed by atoms with Gasteiger partial charge in [0.05, 0.1) is 0 Å². The second kappa shape index (κ2) is 7.83. The summed E-state index contributed by atoms with van der Waals surface area (Å²) in [5.74, 6) is -2.39.